The molecule has 0 bridgehead atoms. The van der Waals surface area contributed by atoms with E-state index >= 15 is 0 Å². The molecule has 0 heterocycles. The van der Waals surface area contributed by atoms with Crippen LogP contribution in [0.5, 0.6) is 0 Å². The monoisotopic (exact) mass is 201 g/mol. The van der Waals surface area contributed by atoms with Crippen LogP contribution in [0.3, 0.4) is 0 Å². The number of rotatable bonds is 5. The Balaban J connectivity index is 3.36. The highest BCUT2D eigenvalue weighted by atomic mass is 16.5. The summed E-state index contributed by atoms with van der Waals surface area (Å²) in [4.78, 5) is 11.1. The molecule has 84 valence electrons. The summed E-state index contributed by atoms with van der Waals surface area (Å²) >= 11 is 0. The zero-order chi connectivity index (χ0) is 11.0. The predicted octanol–water partition coefficient (Wildman–Crippen LogP) is 2.95. The van der Waals surface area contributed by atoms with Gasteiger partial charge < -0.3 is 10.1 Å². The standard InChI is InChI=1S/C11H23NO2/c1-5-6-8-12-10(13)14-9-7-11(2,3)4/h5-9H2,1-4H3,(H,12,13). The summed E-state index contributed by atoms with van der Waals surface area (Å²) in [5, 5.41) is 2.71. The van der Waals surface area contributed by atoms with E-state index in [1.165, 1.54) is 0 Å². The van der Waals surface area contributed by atoms with Crippen molar-refractivity contribution in [3.63, 3.8) is 0 Å². The number of amides is 1. The number of hydrogen-bond acceptors (Lipinski definition) is 2. The Bertz CT molecular complexity index is 161. The van der Waals surface area contributed by atoms with E-state index in [1.807, 2.05) is 0 Å². The SMILES string of the molecule is CCCCNC(=O)OCCC(C)(C)C. The van der Waals surface area contributed by atoms with Gasteiger partial charge in [0.25, 0.3) is 0 Å². The minimum absolute atomic E-state index is 0.226. The van der Waals surface area contributed by atoms with Gasteiger partial charge in [0.05, 0.1) is 6.61 Å². The average molecular weight is 201 g/mol. The van der Waals surface area contributed by atoms with E-state index in [-0.39, 0.29) is 11.5 Å². The number of unbranched alkanes of at least 4 members (excludes halogenated alkanes) is 1. The Morgan fingerprint density at radius 1 is 1.36 bits per heavy atom. The molecule has 0 radical (unpaired) electrons. The normalized spacial score (nSPS) is 11.1. The first-order valence-electron chi connectivity index (χ1n) is 5.36. The van der Waals surface area contributed by atoms with Gasteiger partial charge in [0.1, 0.15) is 0 Å². The van der Waals surface area contributed by atoms with Crippen molar-refractivity contribution in [1.29, 1.82) is 0 Å². The van der Waals surface area contributed by atoms with Crippen LogP contribution in [-0.4, -0.2) is 19.2 Å². The third-order valence-electron chi connectivity index (χ3n) is 1.88. The number of nitrogens with one attached hydrogen (secondary N) is 1. The predicted molar refractivity (Wildman–Crippen MR) is 58.3 cm³/mol. The molecular weight excluding hydrogens is 178 g/mol. The molecule has 3 nitrogen and oxygen atoms in total. The van der Waals surface area contributed by atoms with E-state index in [0.29, 0.717) is 13.2 Å². The van der Waals surface area contributed by atoms with Gasteiger partial charge in [0, 0.05) is 6.54 Å². The summed E-state index contributed by atoms with van der Waals surface area (Å²) in [6.45, 7) is 9.70. The molecule has 0 rings (SSSR count). The van der Waals surface area contributed by atoms with Crippen molar-refractivity contribution < 1.29 is 9.53 Å². The Kier molecular flexibility index (Phi) is 6.34. The fourth-order valence-electron chi connectivity index (χ4n) is 0.868. The van der Waals surface area contributed by atoms with Gasteiger partial charge in [0.15, 0.2) is 0 Å². The Labute approximate surface area is 87.2 Å². The van der Waals surface area contributed by atoms with Gasteiger partial charge in [0.2, 0.25) is 0 Å². The maximum atomic E-state index is 11.1. The van der Waals surface area contributed by atoms with E-state index < -0.39 is 0 Å². The summed E-state index contributed by atoms with van der Waals surface area (Å²) in [6, 6.07) is 0. The molecule has 14 heavy (non-hydrogen) atoms. The lowest BCUT2D eigenvalue weighted by Gasteiger charge is -2.17. The maximum Gasteiger partial charge on any atom is 0.407 e. The fourth-order valence-corrected chi connectivity index (χ4v) is 0.868. The van der Waals surface area contributed by atoms with Crippen molar-refractivity contribution in [3.05, 3.63) is 0 Å². The van der Waals surface area contributed by atoms with Crippen molar-refractivity contribution in [1.82, 2.24) is 5.32 Å². The van der Waals surface area contributed by atoms with Crippen molar-refractivity contribution >= 4 is 6.09 Å². The summed E-state index contributed by atoms with van der Waals surface area (Å²) in [5.74, 6) is 0. The highest BCUT2D eigenvalue weighted by Gasteiger charge is 2.10. The highest BCUT2D eigenvalue weighted by molar-refractivity contribution is 5.66. The van der Waals surface area contributed by atoms with Crippen LogP contribution in [0.4, 0.5) is 4.79 Å². The van der Waals surface area contributed by atoms with Crippen LogP contribution in [0.25, 0.3) is 0 Å². The zero-order valence-electron chi connectivity index (χ0n) is 9.85. The Morgan fingerprint density at radius 3 is 2.50 bits per heavy atom. The first-order chi connectivity index (χ1) is 6.45. The van der Waals surface area contributed by atoms with Crippen LogP contribution in [0.15, 0.2) is 0 Å². The Hall–Kier alpha value is -0.730. The van der Waals surface area contributed by atoms with Crippen molar-refractivity contribution in [3.8, 4) is 0 Å². The summed E-state index contributed by atoms with van der Waals surface area (Å²) in [7, 11) is 0. The topological polar surface area (TPSA) is 38.3 Å². The second-order valence-corrected chi connectivity index (χ2v) is 4.73. The van der Waals surface area contributed by atoms with Crippen LogP contribution in [-0.2, 0) is 4.74 Å². The summed E-state index contributed by atoms with van der Waals surface area (Å²) in [6.07, 6.45) is 2.70. The van der Waals surface area contributed by atoms with Crippen LogP contribution < -0.4 is 5.32 Å². The molecule has 0 unspecified atom stereocenters. The molecule has 0 aromatic carbocycles. The molecule has 0 fully saturated rings. The smallest absolute Gasteiger partial charge is 0.407 e. The van der Waals surface area contributed by atoms with Gasteiger partial charge in [-0.05, 0) is 18.3 Å². The van der Waals surface area contributed by atoms with Gasteiger partial charge in [-0.15, -0.1) is 0 Å². The number of hydrogen-bond donors (Lipinski definition) is 1. The second kappa shape index (κ2) is 6.68. The molecule has 0 saturated carbocycles. The molecule has 0 aliphatic heterocycles. The maximum absolute atomic E-state index is 11.1. The molecule has 0 aromatic rings. The molecule has 0 atom stereocenters. The van der Waals surface area contributed by atoms with E-state index in [4.69, 9.17) is 4.74 Å². The minimum atomic E-state index is -0.289. The molecule has 0 aliphatic rings. The molecule has 3 heteroatoms. The first kappa shape index (κ1) is 13.3. The molecule has 0 aromatic heterocycles. The number of alkyl carbamates (subject to hydrolysis) is 1. The largest absolute Gasteiger partial charge is 0.450 e. The van der Waals surface area contributed by atoms with Crippen molar-refractivity contribution in [2.24, 2.45) is 5.41 Å². The van der Waals surface area contributed by atoms with Crippen LogP contribution in [0.2, 0.25) is 0 Å². The first-order valence-corrected chi connectivity index (χ1v) is 5.36. The van der Waals surface area contributed by atoms with Crippen molar-refractivity contribution in [2.75, 3.05) is 13.2 Å². The van der Waals surface area contributed by atoms with E-state index in [2.05, 4.69) is 33.0 Å². The number of ether oxygens (including phenoxy) is 1. The lowest BCUT2D eigenvalue weighted by Crippen LogP contribution is -2.26. The number of carbonyl (C=O) groups excluding carboxylic acids is 1. The van der Waals surface area contributed by atoms with Gasteiger partial charge in [-0.1, -0.05) is 34.1 Å². The molecule has 1 amide bonds. The molecule has 1 N–H and O–H groups in total. The van der Waals surface area contributed by atoms with Gasteiger partial charge >= 0.3 is 6.09 Å². The lowest BCUT2D eigenvalue weighted by atomic mass is 9.93. The quantitative estimate of drug-likeness (QED) is 0.694. The summed E-state index contributed by atoms with van der Waals surface area (Å²) < 4.78 is 5.01. The third kappa shape index (κ3) is 9.36. The van der Waals surface area contributed by atoms with E-state index in [9.17, 15) is 4.79 Å². The van der Waals surface area contributed by atoms with Crippen LogP contribution >= 0.6 is 0 Å². The zero-order valence-corrected chi connectivity index (χ0v) is 9.85. The molecule has 0 spiro atoms. The average Bonchev–Trinajstić information content (AvgIpc) is 2.02. The molecule has 0 aliphatic carbocycles. The minimum Gasteiger partial charge on any atom is -0.450 e. The van der Waals surface area contributed by atoms with Gasteiger partial charge in [-0.3, -0.25) is 0 Å². The van der Waals surface area contributed by atoms with E-state index in [0.717, 1.165) is 19.3 Å². The Morgan fingerprint density at radius 2 is 2.00 bits per heavy atom. The van der Waals surface area contributed by atoms with Crippen LogP contribution in [0.1, 0.15) is 47.0 Å². The lowest BCUT2D eigenvalue weighted by molar-refractivity contribution is 0.131. The van der Waals surface area contributed by atoms with Crippen molar-refractivity contribution in [2.45, 2.75) is 47.0 Å². The summed E-state index contributed by atoms with van der Waals surface area (Å²) in [5.41, 5.74) is 0.226. The molecule has 0 saturated heterocycles. The fraction of sp³-hybridized carbons (Fsp3) is 0.909. The van der Waals surface area contributed by atoms with Gasteiger partial charge in [-0.25, -0.2) is 4.79 Å². The van der Waals surface area contributed by atoms with E-state index in [1.54, 1.807) is 0 Å². The second-order valence-electron chi connectivity index (χ2n) is 4.73. The van der Waals surface area contributed by atoms with Crippen LogP contribution in [0, 0.1) is 5.41 Å². The number of carbonyl (C=O) groups is 1. The third-order valence-corrected chi connectivity index (χ3v) is 1.88. The molecular formula is C11H23NO2. The van der Waals surface area contributed by atoms with Gasteiger partial charge in [-0.2, -0.15) is 0 Å². The highest BCUT2D eigenvalue weighted by Crippen LogP contribution is 2.17.